The lowest BCUT2D eigenvalue weighted by molar-refractivity contribution is -0.150. The molecule has 3 fully saturated rings. The Morgan fingerprint density at radius 3 is 2.00 bits per heavy atom. The molecule has 18 heavy (non-hydrogen) atoms. The summed E-state index contributed by atoms with van der Waals surface area (Å²) < 4.78 is 0. The normalized spacial score (nSPS) is 29.8. The van der Waals surface area contributed by atoms with E-state index >= 15 is 0 Å². The zero-order valence-electron chi connectivity index (χ0n) is 12.4. The number of amides is 1. The average molecular weight is 253 g/mol. The van der Waals surface area contributed by atoms with Crippen molar-refractivity contribution in [1.82, 2.24) is 9.80 Å². The quantitative estimate of drug-likeness (QED) is 0.764. The third-order valence-electron chi connectivity index (χ3n) is 4.20. The van der Waals surface area contributed by atoms with Gasteiger partial charge in [0.15, 0.2) is 0 Å². The van der Waals surface area contributed by atoms with Gasteiger partial charge in [-0.1, -0.05) is 0 Å². The first kappa shape index (κ1) is 13.8. The van der Waals surface area contributed by atoms with Crippen LogP contribution in [0.25, 0.3) is 0 Å². The lowest BCUT2D eigenvalue weighted by atomic mass is 9.85. The number of nitrogens with zero attached hydrogens (tertiary/aromatic N) is 2. The topological polar surface area (TPSA) is 49.6 Å². The molecule has 2 unspecified atom stereocenters. The van der Waals surface area contributed by atoms with E-state index in [0.29, 0.717) is 12.1 Å². The zero-order chi connectivity index (χ0) is 13.7. The second kappa shape index (κ2) is 4.20. The predicted octanol–water partition coefficient (Wildman–Crippen LogP) is 1.20. The number of fused-ring (bicyclic) bond motifs is 3. The first-order valence-corrected chi connectivity index (χ1v) is 6.97. The van der Waals surface area contributed by atoms with Gasteiger partial charge in [-0.25, -0.2) is 0 Å². The van der Waals surface area contributed by atoms with E-state index in [-0.39, 0.29) is 11.4 Å². The maximum atomic E-state index is 12.3. The van der Waals surface area contributed by atoms with Crippen molar-refractivity contribution < 1.29 is 4.79 Å². The van der Waals surface area contributed by atoms with Crippen LogP contribution in [0.4, 0.5) is 0 Å². The first-order valence-electron chi connectivity index (χ1n) is 6.97. The Bertz CT molecular complexity index is 340. The van der Waals surface area contributed by atoms with Crippen molar-refractivity contribution >= 4 is 5.91 Å². The molecule has 0 saturated carbocycles. The number of nitrogens with two attached hydrogens (primary N) is 1. The summed E-state index contributed by atoms with van der Waals surface area (Å²) in [4.78, 5) is 16.9. The van der Waals surface area contributed by atoms with Gasteiger partial charge in [0.05, 0.1) is 5.54 Å². The van der Waals surface area contributed by atoms with E-state index in [2.05, 4.69) is 25.7 Å². The summed E-state index contributed by atoms with van der Waals surface area (Å²) in [5.41, 5.74) is 5.40. The molecular weight excluding hydrogens is 226 g/mol. The molecule has 0 aromatic carbocycles. The molecule has 3 aliphatic heterocycles. The van der Waals surface area contributed by atoms with Gasteiger partial charge in [-0.2, -0.15) is 0 Å². The van der Waals surface area contributed by atoms with Crippen LogP contribution in [0, 0.1) is 0 Å². The molecule has 0 aliphatic carbocycles. The molecule has 2 bridgehead atoms. The summed E-state index contributed by atoms with van der Waals surface area (Å²) in [6.45, 7) is 12.2. The van der Waals surface area contributed by atoms with Crippen LogP contribution in [0.3, 0.4) is 0 Å². The fourth-order valence-corrected chi connectivity index (χ4v) is 3.27. The Balaban J connectivity index is 2.13. The molecule has 4 heteroatoms. The van der Waals surface area contributed by atoms with E-state index in [9.17, 15) is 4.79 Å². The van der Waals surface area contributed by atoms with Crippen molar-refractivity contribution in [2.45, 2.75) is 70.6 Å². The monoisotopic (exact) mass is 253 g/mol. The molecule has 0 aromatic rings. The van der Waals surface area contributed by atoms with Crippen molar-refractivity contribution in [3.05, 3.63) is 0 Å². The van der Waals surface area contributed by atoms with Crippen LogP contribution < -0.4 is 5.73 Å². The van der Waals surface area contributed by atoms with Crippen LogP contribution in [0.1, 0.15) is 47.5 Å². The van der Waals surface area contributed by atoms with Gasteiger partial charge in [0.2, 0.25) is 5.91 Å². The van der Waals surface area contributed by atoms with E-state index in [1.807, 2.05) is 4.90 Å². The summed E-state index contributed by atoms with van der Waals surface area (Å²) in [6.07, 6.45) is 2.33. The summed E-state index contributed by atoms with van der Waals surface area (Å²) >= 11 is 0. The number of piperidine rings is 2. The third-order valence-corrected chi connectivity index (χ3v) is 4.20. The molecule has 104 valence electrons. The summed E-state index contributed by atoms with van der Waals surface area (Å²) in [6, 6.07) is 0.853. The highest BCUT2D eigenvalue weighted by Crippen LogP contribution is 2.34. The maximum absolute atomic E-state index is 12.3. The van der Waals surface area contributed by atoms with E-state index in [0.717, 1.165) is 19.5 Å². The highest BCUT2D eigenvalue weighted by atomic mass is 16.2. The fraction of sp³-hybridized carbons (Fsp3) is 0.929. The third kappa shape index (κ3) is 2.41. The minimum atomic E-state index is -0.746. The molecule has 3 aliphatic rings. The van der Waals surface area contributed by atoms with Crippen molar-refractivity contribution in [2.24, 2.45) is 5.73 Å². The average Bonchev–Trinajstić information content (AvgIpc) is 2.26. The molecule has 1 amide bonds. The molecule has 0 radical (unpaired) electrons. The molecule has 2 N–H and O–H groups in total. The van der Waals surface area contributed by atoms with Gasteiger partial charge in [-0.3, -0.25) is 9.69 Å². The van der Waals surface area contributed by atoms with Crippen LogP contribution in [0.15, 0.2) is 0 Å². The highest BCUT2D eigenvalue weighted by molar-refractivity contribution is 5.85. The molecule has 3 heterocycles. The standard InChI is InChI=1S/C14H27N3O/c1-13(2,3)17-9-10-6-7-11(17)8-16(10)12(18)14(4,5)15/h10-11H,6-9,15H2,1-5H3. The lowest BCUT2D eigenvalue weighted by Gasteiger charge is -2.56. The van der Waals surface area contributed by atoms with E-state index in [1.54, 1.807) is 13.8 Å². The molecule has 2 atom stereocenters. The molecule has 3 rings (SSSR count). The van der Waals surface area contributed by atoms with E-state index in [1.165, 1.54) is 6.42 Å². The Labute approximate surface area is 110 Å². The Kier molecular flexibility index (Phi) is 3.23. The van der Waals surface area contributed by atoms with Crippen LogP contribution >= 0.6 is 0 Å². The zero-order valence-corrected chi connectivity index (χ0v) is 12.4. The minimum Gasteiger partial charge on any atom is -0.335 e. The Morgan fingerprint density at radius 1 is 1.06 bits per heavy atom. The van der Waals surface area contributed by atoms with E-state index < -0.39 is 5.54 Å². The van der Waals surface area contributed by atoms with Crippen molar-refractivity contribution in [3.63, 3.8) is 0 Å². The summed E-state index contributed by atoms with van der Waals surface area (Å²) in [5.74, 6) is 0.103. The van der Waals surface area contributed by atoms with Crippen LogP contribution in [0.5, 0.6) is 0 Å². The van der Waals surface area contributed by atoms with Gasteiger partial charge < -0.3 is 10.6 Å². The van der Waals surface area contributed by atoms with Gasteiger partial charge in [-0.05, 0) is 47.5 Å². The van der Waals surface area contributed by atoms with E-state index in [4.69, 9.17) is 5.73 Å². The molecular formula is C14H27N3O. The maximum Gasteiger partial charge on any atom is 0.242 e. The Hall–Kier alpha value is -0.610. The minimum absolute atomic E-state index is 0.103. The summed E-state index contributed by atoms with van der Waals surface area (Å²) in [5, 5.41) is 0. The van der Waals surface area contributed by atoms with Gasteiger partial charge in [0, 0.05) is 30.7 Å². The van der Waals surface area contributed by atoms with Gasteiger partial charge in [0.25, 0.3) is 0 Å². The SMILES string of the molecule is CC(C)(N)C(=O)N1CC2CCC1CN2C(C)(C)C. The van der Waals surface area contributed by atoms with Gasteiger partial charge in [0.1, 0.15) is 0 Å². The molecule has 0 spiro atoms. The number of carbonyl (C=O) groups excluding carboxylic acids is 1. The summed E-state index contributed by atoms with van der Waals surface area (Å²) in [7, 11) is 0. The highest BCUT2D eigenvalue weighted by Gasteiger charge is 2.46. The van der Waals surface area contributed by atoms with Crippen LogP contribution in [0.2, 0.25) is 0 Å². The van der Waals surface area contributed by atoms with Crippen LogP contribution in [-0.2, 0) is 4.79 Å². The lowest BCUT2D eigenvalue weighted by Crippen LogP contribution is -2.70. The number of carbonyl (C=O) groups is 1. The smallest absolute Gasteiger partial charge is 0.242 e. The molecule has 3 saturated heterocycles. The Morgan fingerprint density at radius 2 is 1.61 bits per heavy atom. The van der Waals surface area contributed by atoms with Gasteiger partial charge >= 0.3 is 0 Å². The van der Waals surface area contributed by atoms with Crippen LogP contribution in [-0.4, -0.2) is 52.0 Å². The van der Waals surface area contributed by atoms with Crippen molar-refractivity contribution in [3.8, 4) is 0 Å². The second-order valence-electron chi connectivity index (χ2n) is 7.39. The largest absolute Gasteiger partial charge is 0.335 e. The number of rotatable bonds is 1. The number of hydrogen-bond acceptors (Lipinski definition) is 3. The first-order chi connectivity index (χ1) is 8.10. The number of piperazine rings is 1. The van der Waals surface area contributed by atoms with Gasteiger partial charge in [-0.15, -0.1) is 0 Å². The molecule has 0 aromatic heterocycles. The second-order valence-corrected chi connectivity index (χ2v) is 7.39. The van der Waals surface area contributed by atoms with Crippen molar-refractivity contribution in [1.29, 1.82) is 0 Å². The van der Waals surface area contributed by atoms with Crippen molar-refractivity contribution in [2.75, 3.05) is 13.1 Å². The fourth-order valence-electron chi connectivity index (χ4n) is 3.27. The predicted molar refractivity (Wildman–Crippen MR) is 73.2 cm³/mol. The molecule has 4 nitrogen and oxygen atoms in total. The number of hydrogen-bond donors (Lipinski definition) is 1.